The highest BCUT2D eigenvalue weighted by atomic mass is 19.4. The molecule has 0 saturated heterocycles. The molecule has 0 radical (unpaired) electrons. The van der Waals surface area contributed by atoms with Gasteiger partial charge in [0.25, 0.3) is 0 Å². The molecule has 2 rings (SSSR count). The van der Waals surface area contributed by atoms with Crippen LogP contribution in [0.25, 0.3) is 11.1 Å². The molecule has 0 bridgehead atoms. The average Bonchev–Trinajstić information content (AvgIpc) is 2.37. The van der Waals surface area contributed by atoms with Gasteiger partial charge in [-0.2, -0.15) is 26.3 Å². The number of hydrogen-bond donors (Lipinski definition) is 0. The van der Waals surface area contributed by atoms with Gasteiger partial charge in [0.05, 0.1) is 11.1 Å². The van der Waals surface area contributed by atoms with Crippen molar-refractivity contribution in [2.45, 2.75) is 19.3 Å². The van der Waals surface area contributed by atoms with E-state index >= 15 is 0 Å². The maximum absolute atomic E-state index is 12.8. The first-order valence-corrected chi connectivity index (χ1v) is 5.95. The quantitative estimate of drug-likeness (QED) is 0.593. The SMILES string of the molecule is Cc1c(-c2cccc(C(F)(F)F)c2)cccc1C(F)(F)F. The summed E-state index contributed by atoms with van der Waals surface area (Å²) in [7, 11) is 0. The molecule has 0 nitrogen and oxygen atoms in total. The summed E-state index contributed by atoms with van der Waals surface area (Å²) >= 11 is 0. The van der Waals surface area contributed by atoms with Crippen LogP contribution in [0.5, 0.6) is 0 Å². The van der Waals surface area contributed by atoms with Crippen LogP contribution in [0.3, 0.4) is 0 Å². The fourth-order valence-electron chi connectivity index (χ4n) is 2.12. The molecule has 0 amide bonds. The molecule has 0 aliphatic carbocycles. The molecular formula is C15H10F6. The van der Waals surface area contributed by atoms with E-state index in [0.717, 1.165) is 18.2 Å². The van der Waals surface area contributed by atoms with E-state index in [2.05, 4.69) is 0 Å². The second kappa shape index (κ2) is 5.09. The van der Waals surface area contributed by atoms with Crippen LogP contribution in [0.4, 0.5) is 26.3 Å². The molecule has 0 unspecified atom stereocenters. The third kappa shape index (κ3) is 3.20. The second-order valence-electron chi connectivity index (χ2n) is 4.55. The van der Waals surface area contributed by atoms with Crippen LogP contribution in [-0.2, 0) is 12.4 Å². The highest BCUT2D eigenvalue weighted by Gasteiger charge is 2.33. The lowest BCUT2D eigenvalue weighted by atomic mass is 9.95. The highest BCUT2D eigenvalue weighted by Crippen LogP contribution is 2.37. The lowest BCUT2D eigenvalue weighted by molar-refractivity contribution is -0.138. The maximum atomic E-state index is 12.8. The summed E-state index contributed by atoms with van der Waals surface area (Å²) in [6, 6.07) is 7.74. The van der Waals surface area contributed by atoms with Crippen LogP contribution in [0.2, 0.25) is 0 Å². The zero-order valence-corrected chi connectivity index (χ0v) is 10.8. The van der Waals surface area contributed by atoms with Crippen LogP contribution in [0, 0.1) is 6.92 Å². The van der Waals surface area contributed by atoms with Crippen molar-refractivity contribution in [2.24, 2.45) is 0 Å². The maximum Gasteiger partial charge on any atom is 0.416 e. The zero-order valence-electron chi connectivity index (χ0n) is 10.8. The Bertz CT molecular complexity index is 652. The van der Waals surface area contributed by atoms with Crippen molar-refractivity contribution < 1.29 is 26.3 Å². The van der Waals surface area contributed by atoms with Crippen molar-refractivity contribution in [3.05, 3.63) is 59.2 Å². The Morgan fingerprint density at radius 2 is 1.38 bits per heavy atom. The Morgan fingerprint density at radius 1 is 0.762 bits per heavy atom. The molecule has 2 aromatic carbocycles. The molecule has 0 aliphatic heterocycles. The van der Waals surface area contributed by atoms with Gasteiger partial charge in [0.15, 0.2) is 0 Å². The molecule has 112 valence electrons. The molecule has 0 atom stereocenters. The van der Waals surface area contributed by atoms with Crippen LogP contribution in [-0.4, -0.2) is 0 Å². The fourth-order valence-corrected chi connectivity index (χ4v) is 2.12. The third-order valence-electron chi connectivity index (χ3n) is 3.14. The predicted octanol–water partition coefficient (Wildman–Crippen LogP) is 5.70. The van der Waals surface area contributed by atoms with Gasteiger partial charge in [-0.15, -0.1) is 0 Å². The number of alkyl halides is 6. The van der Waals surface area contributed by atoms with Crippen molar-refractivity contribution >= 4 is 0 Å². The number of halogens is 6. The Morgan fingerprint density at radius 3 is 1.95 bits per heavy atom. The first kappa shape index (κ1) is 15.4. The second-order valence-corrected chi connectivity index (χ2v) is 4.55. The Hall–Kier alpha value is -1.98. The van der Waals surface area contributed by atoms with E-state index in [1.165, 1.54) is 31.2 Å². The van der Waals surface area contributed by atoms with Crippen LogP contribution < -0.4 is 0 Å². The van der Waals surface area contributed by atoms with Crippen LogP contribution >= 0.6 is 0 Å². The molecule has 6 heteroatoms. The summed E-state index contributed by atoms with van der Waals surface area (Å²) in [5, 5.41) is 0. The topological polar surface area (TPSA) is 0 Å². The molecule has 2 aromatic rings. The Labute approximate surface area is 117 Å². The average molecular weight is 304 g/mol. The molecule has 0 fully saturated rings. The normalized spacial score (nSPS) is 12.5. The molecule has 0 aliphatic rings. The Balaban J connectivity index is 2.58. The summed E-state index contributed by atoms with van der Waals surface area (Å²) in [6.07, 6.45) is -9.08. The van der Waals surface area contributed by atoms with Gasteiger partial charge in [-0.25, -0.2) is 0 Å². The largest absolute Gasteiger partial charge is 0.416 e. The van der Waals surface area contributed by atoms with Gasteiger partial charge in [0.1, 0.15) is 0 Å². The van der Waals surface area contributed by atoms with Gasteiger partial charge in [0, 0.05) is 0 Å². The third-order valence-corrected chi connectivity index (χ3v) is 3.14. The minimum atomic E-state index is -4.54. The van der Waals surface area contributed by atoms with E-state index in [1.54, 1.807) is 0 Å². The van der Waals surface area contributed by atoms with E-state index in [0.29, 0.717) is 0 Å². The van der Waals surface area contributed by atoms with E-state index in [-0.39, 0.29) is 16.7 Å². The molecule has 0 aromatic heterocycles. The van der Waals surface area contributed by atoms with Crippen LogP contribution in [0.1, 0.15) is 16.7 Å². The molecule has 0 spiro atoms. The molecule has 0 heterocycles. The van der Waals surface area contributed by atoms with Crippen molar-refractivity contribution in [1.82, 2.24) is 0 Å². The smallest absolute Gasteiger partial charge is 0.166 e. The molecular weight excluding hydrogens is 294 g/mol. The lowest BCUT2D eigenvalue weighted by Gasteiger charge is -2.15. The molecule has 0 saturated carbocycles. The summed E-state index contributed by atoms with van der Waals surface area (Å²) < 4.78 is 76.5. The fraction of sp³-hybridized carbons (Fsp3) is 0.200. The monoisotopic (exact) mass is 304 g/mol. The van der Waals surface area contributed by atoms with Crippen molar-refractivity contribution in [3.63, 3.8) is 0 Å². The zero-order chi connectivity index (χ0) is 15.8. The van der Waals surface area contributed by atoms with Crippen molar-refractivity contribution in [2.75, 3.05) is 0 Å². The highest BCUT2D eigenvalue weighted by molar-refractivity contribution is 5.69. The number of hydrogen-bond acceptors (Lipinski definition) is 0. The van der Waals surface area contributed by atoms with Gasteiger partial charge >= 0.3 is 12.4 Å². The van der Waals surface area contributed by atoms with E-state index in [1.807, 2.05) is 0 Å². The standard InChI is InChI=1S/C15H10F6/c1-9-12(6-3-7-13(9)15(19,20)21)10-4-2-5-11(8-10)14(16,17)18/h2-8H,1H3. The van der Waals surface area contributed by atoms with Crippen LogP contribution in [0.15, 0.2) is 42.5 Å². The first-order valence-electron chi connectivity index (χ1n) is 5.95. The minimum absolute atomic E-state index is 0.0932. The summed E-state index contributed by atoms with van der Waals surface area (Å²) in [4.78, 5) is 0. The van der Waals surface area contributed by atoms with E-state index in [9.17, 15) is 26.3 Å². The van der Waals surface area contributed by atoms with Gasteiger partial charge in [-0.05, 0) is 41.8 Å². The predicted molar refractivity (Wildman–Crippen MR) is 66.6 cm³/mol. The lowest BCUT2D eigenvalue weighted by Crippen LogP contribution is -2.08. The summed E-state index contributed by atoms with van der Waals surface area (Å²) in [6.45, 7) is 1.25. The summed E-state index contributed by atoms with van der Waals surface area (Å²) in [5.74, 6) is 0. The van der Waals surface area contributed by atoms with Gasteiger partial charge in [-0.3, -0.25) is 0 Å². The first-order chi connectivity index (χ1) is 9.60. The van der Waals surface area contributed by atoms with Gasteiger partial charge < -0.3 is 0 Å². The Kier molecular flexibility index (Phi) is 3.74. The van der Waals surface area contributed by atoms with Crippen molar-refractivity contribution in [1.29, 1.82) is 0 Å². The van der Waals surface area contributed by atoms with Gasteiger partial charge in [-0.1, -0.05) is 24.3 Å². The van der Waals surface area contributed by atoms with Crippen molar-refractivity contribution in [3.8, 4) is 11.1 Å². The van der Waals surface area contributed by atoms with Gasteiger partial charge in [0.2, 0.25) is 0 Å². The van der Waals surface area contributed by atoms with E-state index < -0.39 is 23.5 Å². The number of rotatable bonds is 1. The number of benzene rings is 2. The summed E-state index contributed by atoms with van der Waals surface area (Å²) in [5.41, 5.74) is -1.59. The van der Waals surface area contributed by atoms with E-state index in [4.69, 9.17) is 0 Å². The molecule has 21 heavy (non-hydrogen) atoms. The molecule has 0 N–H and O–H groups in total. The minimum Gasteiger partial charge on any atom is -0.166 e.